The maximum absolute atomic E-state index is 7.51. The molecule has 0 aromatic heterocycles. The van der Waals surface area contributed by atoms with Crippen LogP contribution in [0.1, 0.15) is 11.1 Å². The molecule has 12 rings (SSSR count). The Balaban J connectivity index is 0.000000140. The van der Waals surface area contributed by atoms with Gasteiger partial charge in [0.25, 0.3) is 0 Å². The third kappa shape index (κ3) is 10.6. The molecule has 69 heavy (non-hydrogen) atoms. The average Bonchev–Trinajstić information content (AvgIpc) is 3.41. The van der Waals surface area contributed by atoms with Crippen LogP contribution < -0.4 is 21.2 Å². The van der Waals surface area contributed by atoms with Gasteiger partial charge in [0, 0.05) is 0 Å². The Labute approximate surface area is 439 Å². The summed E-state index contributed by atoms with van der Waals surface area (Å²) in [6, 6.07) is 90.5. The van der Waals surface area contributed by atoms with Crippen molar-refractivity contribution in [3.63, 3.8) is 0 Å². The van der Waals surface area contributed by atoms with Crippen molar-refractivity contribution >= 4 is 102 Å². The van der Waals surface area contributed by atoms with E-state index >= 15 is 0 Å². The van der Waals surface area contributed by atoms with E-state index in [4.69, 9.17) is 12.8 Å². The van der Waals surface area contributed by atoms with Gasteiger partial charge >= 0.3 is 44.8 Å². The average molecular weight is 1280 g/mol. The van der Waals surface area contributed by atoms with Crippen molar-refractivity contribution in [1.82, 2.24) is 0 Å². The fourth-order valence-corrected chi connectivity index (χ4v) is 17.2. The van der Waals surface area contributed by atoms with Crippen molar-refractivity contribution in [2.75, 3.05) is 5.90 Å². The Morgan fingerprint density at radius 1 is 0.261 bits per heavy atom. The van der Waals surface area contributed by atoms with Gasteiger partial charge in [-0.15, -0.1) is 23.3 Å². The second kappa shape index (κ2) is 23.3. The standard InChI is InChI=1S/C25H22P2.2C20H11.2Au/c1-5-13-22(14-6-1)26(23-15-7-2-8-16-23)21-27(24-17-9-3-10-18-24)25-19-11-4-12-20-25;2*1-2-14-7-5-8-16-11-12-18-17-9-4-3-6-15(17)10-13-19(18)20(14)16;;/h1-20H,21H2;2*3-13H;;/q;2*-1;2*+1/p+2. The number of fused-ring (bicyclic) bond motifs is 10. The van der Waals surface area contributed by atoms with Crippen molar-refractivity contribution in [3.8, 4) is 11.8 Å². The number of hydrogen-bond acceptors (Lipinski definition) is 0. The summed E-state index contributed by atoms with van der Waals surface area (Å²) in [6.45, 7) is 0. The molecule has 0 nitrogen and oxygen atoms in total. The molecule has 0 aliphatic rings. The van der Waals surface area contributed by atoms with Gasteiger partial charge in [-0.1, -0.05) is 205 Å². The van der Waals surface area contributed by atoms with Crippen molar-refractivity contribution in [2.24, 2.45) is 0 Å². The Morgan fingerprint density at radius 2 is 0.551 bits per heavy atom. The molecule has 12 aromatic rings. The zero-order valence-electron chi connectivity index (χ0n) is 37.6. The van der Waals surface area contributed by atoms with Gasteiger partial charge in [-0.25, -0.2) is 0 Å². The molecule has 0 amide bonds. The smallest absolute Gasteiger partial charge is 0.366 e. The summed E-state index contributed by atoms with van der Waals surface area (Å²) in [6.07, 6.45) is 15.0. The Hall–Kier alpha value is -6.34. The summed E-state index contributed by atoms with van der Waals surface area (Å²) in [5.41, 5.74) is 1.70. The Morgan fingerprint density at radius 3 is 0.899 bits per heavy atom. The molecular weight excluding hydrogens is 1240 g/mol. The third-order valence-corrected chi connectivity index (χ3v) is 19.6. The molecule has 0 atom stereocenters. The predicted molar refractivity (Wildman–Crippen MR) is 296 cm³/mol. The summed E-state index contributed by atoms with van der Waals surface area (Å²) < 4.78 is 0. The topological polar surface area (TPSA) is 0 Å². The normalized spacial score (nSPS) is 10.7. The first-order chi connectivity index (χ1) is 33.2. The van der Waals surface area contributed by atoms with Crippen molar-refractivity contribution < 1.29 is 44.8 Å². The van der Waals surface area contributed by atoms with Crippen LogP contribution in [0, 0.1) is 24.7 Å². The van der Waals surface area contributed by atoms with E-state index in [1.165, 1.54) is 70.2 Å². The van der Waals surface area contributed by atoms with Gasteiger partial charge in [0.1, 0.15) is 37.1 Å². The van der Waals surface area contributed by atoms with Crippen molar-refractivity contribution in [2.45, 2.75) is 0 Å². The number of benzene rings is 12. The first-order valence-corrected chi connectivity index (χ1v) is 26.0. The van der Waals surface area contributed by atoms with E-state index in [1.807, 2.05) is 24.3 Å². The SMILES string of the molecule is [Au+].[Au+].[C-]#Cc1cccc2ccc3c4ccccc4ccc3c12.[C-]#Cc1cccc2ccc3c4ccccc4ccc3c12.c1ccc([PH+](C[PH+](c2ccccc2)c2ccccc2)c2ccccc2)cc1. The maximum atomic E-state index is 7.51. The molecule has 0 radical (unpaired) electrons. The van der Waals surface area contributed by atoms with Crippen LogP contribution in [0.3, 0.4) is 0 Å². The molecule has 336 valence electrons. The molecule has 0 N–H and O–H groups in total. The number of rotatable bonds is 6. The van der Waals surface area contributed by atoms with Crippen LogP contribution in [-0.2, 0) is 44.8 Å². The largest absolute Gasteiger partial charge is 1.00 e. The minimum atomic E-state index is -0.847. The molecule has 0 heterocycles. The van der Waals surface area contributed by atoms with E-state index in [2.05, 4.69) is 242 Å². The van der Waals surface area contributed by atoms with E-state index in [0.29, 0.717) is 0 Å². The van der Waals surface area contributed by atoms with Crippen LogP contribution in [0.15, 0.2) is 255 Å². The van der Waals surface area contributed by atoms with Gasteiger partial charge in [0.05, 0.1) is 0 Å². The Kier molecular flexibility index (Phi) is 16.6. The van der Waals surface area contributed by atoms with E-state index in [9.17, 15) is 0 Å². The molecular formula is C65H46Au2P2+2. The number of hydrogen-bond donors (Lipinski definition) is 0. The molecule has 0 bridgehead atoms. The molecule has 12 aromatic carbocycles. The zero-order valence-corrected chi connectivity index (χ0v) is 43.9. The van der Waals surface area contributed by atoms with Gasteiger partial charge in [0.15, 0.2) is 5.90 Å². The monoisotopic (exact) mass is 1280 g/mol. The first-order valence-electron chi connectivity index (χ1n) is 22.6. The van der Waals surface area contributed by atoms with Crippen LogP contribution >= 0.6 is 15.8 Å². The zero-order chi connectivity index (χ0) is 45.4. The molecule has 0 fully saturated rings. The van der Waals surface area contributed by atoms with Gasteiger partial charge in [-0.05, 0) is 102 Å². The minimum Gasteiger partial charge on any atom is -0.366 e. The molecule has 4 heteroatoms. The molecule has 0 aliphatic heterocycles. The summed E-state index contributed by atoms with van der Waals surface area (Å²) >= 11 is 0. The molecule has 0 unspecified atom stereocenters. The van der Waals surface area contributed by atoms with Crippen LogP contribution in [0.2, 0.25) is 0 Å². The van der Waals surface area contributed by atoms with E-state index < -0.39 is 15.8 Å². The third-order valence-electron chi connectivity index (χ3n) is 12.6. The quantitative estimate of drug-likeness (QED) is 0.0512. The summed E-state index contributed by atoms with van der Waals surface area (Å²) in [5, 5.41) is 20.4. The van der Waals surface area contributed by atoms with Crippen molar-refractivity contribution in [1.29, 1.82) is 0 Å². The minimum absolute atomic E-state index is 0. The second-order valence-electron chi connectivity index (χ2n) is 16.6. The Bertz CT molecular complexity index is 3420. The van der Waals surface area contributed by atoms with Gasteiger partial charge < -0.3 is 12.8 Å². The van der Waals surface area contributed by atoms with Gasteiger partial charge in [0.2, 0.25) is 0 Å². The van der Waals surface area contributed by atoms with E-state index in [-0.39, 0.29) is 44.8 Å². The van der Waals surface area contributed by atoms with Gasteiger partial charge in [-0.3, -0.25) is 11.8 Å². The fourth-order valence-electron chi connectivity index (χ4n) is 9.44. The maximum Gasteiger partial charge on any atom is 1.00 e. The van der Waals surface area contributed by atoms with E-state index in [0.717, 1.165) is 32.7 Å². The van der Waals surface area contributed by atoms with Crippen LogP contribution in [0.5, 0.6) is 0 Å². The van der Waals surface area contributed by atoms with Crippen LogP contribution in [0.25, 0.3) is 64.6 Å². The van der Waals surface area contributed by atoms with Gasteiger partial charge in [-0.2, -0.15) is 0 Å². The second-order valence-corrected chi connectivity index (χ2v) is 22.2. The summed E-state index contributed by atoms with van der Waals surface area (Å²) in [7, 11) is -1.69. The molecule has 0 spiro atoms. The molecule has 0 saturated carbocycles. The summed E-state index contributed by atoms with van der Waals surface area (Å²) in [4.78, 5) is 0. The van der Waals surface area contributed by atoms with Crippen molar-refractivity contribution in [3.05, 3.63) is 279 Å². The molecule has 0 saturated heterocycles. The van der Waals surface area contributed by atoms with E-state index in [1.54, 1.807) is 0 Å². The molecule has 0 aliphatic carbocycles. The first kappa shape index (κ1) is 49.1. The summed E-state index contributed by atoms with van der Waals surface area (Å²) in [5.74, 6) is 6.37. The fraction of sp³-hybridized carbons (Fsp3) is 0.0154. The van der Waals surface area contributed by atoms with Crippen LogP contribution in [0.4, 0.5) is 0 Å². The predicted octanol–water partition coefficient (Wildman–Crippen LogP) is 14.8. The van der Waals surface area contributed by atoms with Crippen LogP contribution in [-0.4, -0.2) is 5.90 Å².